The number of carbonyl (C=O) groups is 6. The standard InChI is InChI=1S/C27H36Br2N6O9/c1-15(2)21(34-27(42)44-13-12-43-11-10-35-24(39)19(28)20(29)25(35)40)23(38)33-18(4-3-9-31-26(30)41)22(37)32-17-7-5-16(14-36)6-8-17/h5-8,15,18,21,36H,3-4,9-14H2,1-2H3,(H,32,37)(H,33,38)(H,34,42)(H3,30,31,41)/t18-,21-/m0/s1. The number of aliphatic hydroxyl groups is 1. The first-order valence-corrected chi connectivity index (χ1v) is 15.2. The van der Waals surface area contributed by atoms with Crippen molar-refractivity contribution in [3.05, 3.63) is 38.8 Å². The van der Waals surface area contributed by atoms with Crippen LogP contribution in [0.5, 0.6) is 0 Å². The minimum absolute atomic E-state index is 0.00492. The van der Waals surface area contributed by atoms with Gasteiger partial charge in [0, 0.05) is 12.2 Å². The highest BCUT2D eigenvalue weighted by Crippen LogP contribution is 2.29. The van der Waals surface area contributed by atoms with Crippen molar-refractivity contribution in [2.75, 3.05) is 38.2 Å². The summed E-state index contributed by atoms with van der Waals surface area (Å²) in [5, 5.41) is 19.5. The number of alkyl carbamates (subject to hydrolysis) is 1. The van der Waals surface area contributed by atoms with Crippen molar-refractivity contribution < 1.29 is 43.3 Å². The normalized spacial score (nSPS) is 14.4. The summed E-state index contributed by atoms with van der Waals surface area (Å²) in [5.74, 6) is -2.51. The van der Waals surface area contributed by atoms with Gasteiger partial charge in [-0.3, -0.25) is 24.1 Å². The van der Waals surface area contributed by atoms with Crippen LogP contribution in [0.1, 0.15) is 32.3 Å². The molecule has 242 valence electrons. The summed E-state index contributed by atoms with van der Waals surface area (Å²) < 4.78 is 10.7. The third-order valence-corrected chi connectivity index (χ3v) is 8.21. The molecule has 0 bridgehead atoms. The monoisotopic (exact) mass is 746 g/mol. The fraction of sp³-hybridized carbons (Fsp3) is 0.481. The van der Waals surface area contributed by atoms with Crippen molar-refractivity contribution in [1.82, 2.24) is 20.9 Å². The fourth-order valence-electron chi connectivity index (χ4n) is 3.85. The summed E-state index contributed by atoms with van der Waals surface area (Å²) in [6.07, 6.45) is -0.421. The highest BCUT2D eigenvalue weighted by molar-refractivity contribution is 9.14. The summed E-state index contributed by atoms with van der Waals surface area (Å²) in [6.45, 7) is 3.25. The SMILES string of the molecule is CC(C)[C@H](NC(=O)OCCOCCN1C(=O)C(Br)=C(Br)C1=O)C(=O)N[C@@H](CCCNC(N)=O)C(=O)Nc1ccc(CO)cc1. The van der Waals surface area contributed by atoms with Gasteiger partial charge in [-0.15, -0.1) is 0 Å². The second-order valence-electron chi connectivity index (χ2n) is 9.84. The van der Waals surface area contributed by atoms with Gasteiger partial charge in [0.25, 0.3) is 11.8 Å². The van der Waals surface area contributed by atoms with Crippen molar-refractivity contribution in [2.24, 2.45) is 11.7 Å². The fourth-order valence-corrected chi connectivity index (χ4v) is 4.61. The van der Waals surface area contributed by atoms with Crippen LogP contribution in [0.3, 0.4) is 0 Å². The first-order chi connectivity index (χ1) is 20.8. The van der Waals surface area contributed by atoms with Crippen LogP contribution in [0.15, 0.2) is 33.2 Å². The average Bonchev–Trinajstić information content (AvgIpc) is 3.16. The maximum atomic E-state index is 13.2. The first kappa shape index (κ1) is 36.7. The van der Waals surface area contributed by atoms with Gasteiger partial charge >= 0.3 is 12.1 Å². The number of benzene rings is 1. The molecule has 1 aromatic rings. The molecule has 15 nitrogen and oxygen atoms in total. The number of hydrogen-bond donors (Lipinski definition) is 6. The van der Waals surface area contributed by atoms with E-state index < -0.39 is 47.8 Å². The van der Waals surface area contributed by atoms with Crippen LogP contribution in [-0.2, 0) is 35.3 Å². The molecule has 7 amide bonds. The Labute approximate surface area is 270 Å². The Balaban J connectivity index is 1.88. The lowest BCUT2D eigenvalue weighted by Gasteiger charge is -2.25. The number of aliphatic hydroxyl groups excluding tert-OH is 1. The highest BCUT2D eigenvalue weighted by Gasteiger charge is 2.35. The molecule has 0 radical (unpaired) electrons. The van der Waals surface area contributed by atoms with E-state index in [1.165, 1.54) is 0 Å². The van der Waals surface area contributed by atoms with Gasteiger partial charge in [0.15, 0.2) is 0 Å². The van der Waals surface area contributed by atoms with Gasteiger partial charge in [0.2, 0.25) is 11.8 Å². The zero-order valence-corrected chi connectivity index (χ0v) is 27.4. The molecule has 0 aliphatic carbocycles. The van der Waals surface area contributed by atoms with Crippen LogP contribution in [0.25, 0.3) is 0 Å². The Bertz CT molecular complexity index is 1220. The number of anilines is 1. The number of halogens is 2. The number of primary amides is 1. The van der Waals surface area contributed by atoms with Crippen LogP contribution < -0.4 is 27.0 Å². The second kappa shape index (κ2) is 18.3. The summed E-state index contributed by atoms with van der Waals surface area (Å²) in [7, 11) is 0. The van der Waals surface area contributed by atoms with E-state index in [-0.39, 0.29) is 60.8 Å². The first-order valence-electron chi connectivity index (χ1n) is 13.6. The van der Waals surface area contributed by atoms with E-state index in [4.69, 9.17) is 15.2 Å². The van der Waals surface area contributed by atoms with Gasteiger partial charge in [-0.25, -0.2) is 9.59 Å². The third kappa shape index (κ3) is 11.5. The molecule has 0 aromatic heterocycles. The van der Waals surface area contributed by atoms with Gasteiger partial charge in [-0.2, -0.15) is 0 Å². The summed E-state index contributed by atoms with van der Waals surface area (Å²) in [4.78, 5) is 74.7. The molecule has 0 saturated heterocycles. The molecule has 0 spiro atoms. The van der Waals surface area contributed by atoms with Gasteiger partial charge < -0.3 is 41.6 Å². The van der Waals surface area contributed by atoms with Gasteiger partial charge in [0.05, 0.1) is 26.4 Å². The zero-order valence-electron chi connectivity index (χ0n) is 24.2. The molecule has 0 unspecified atom stereocenters. The highest BCUT2D eigenvalue weighted by atomic mass is 79.9. The number of nitrogens with two attached hydrogens (primary N) is 1. The van der Waals surface area contributed by atoms with E-state index in [0.717, 1.165) is 4.90 Å². The number of nitrogens with one attached hydrogen (secondary N) is 4. The Morgan fingerprint density at radius 3 is 2.16 bits per heavy atom. The Morgan fingerprint density at radius 2 is 1.59 bits per heavy atom. The quantitative estimate of drug-likeness (QED) is 0.0995. The second-order valence-corrected chi connectivity index (χ2v) is 11.4. The minimum atomic E-state index is -1.05. The maximum absolute atomic E-state index is 13.2. The van der Waals surface area contributed by atoms with Gasteiger partial charge in [-0.05, 0) is 68.3 Å². The predicted octanol–water partition coefficient (Wildman–Crippen LogP) is 1.19. The molecule has 1 heterocycles. The third-order valence-electron chi connectivity index (χ3n) is 6.21. The molecular formula is C27H36Br2N6O9. The largest absolute Gasteiger partial charge is 0.447 e. The van der Waals surface area contributed by atoms with E-state index >= 15 is 0 Å². The van der Waals surface area contributed by atoms with E-state index in [9.17, 15) is 33.9 Å². The lowest BCUT2D eigenvalue weighted by molar-refractivity contribution is -0.138. The molecule has 1 aromatic carbocycles. The van der Waals surface area contributed by atoms with E-state index in [1.54, 1.807) is 38.1 Å². The number of amides is 7. The van der Waals surface area contributed by atoms with Gasteiger partial charge in [-0.1, -0.05) is 26.0 Å². The number of carbonyl (C=O) groups excluding carboxylic acids is 6. The number of imide groups is 1. The Hall–Kier alpha value is -3.54. The molecule has 17 heteroatoms. The lowest BCUT2D eigenvalue weighted by Crippen LogP contribution is -2.54. The molecule has 0 fully saturated rings. The molecule has 44 heavy (non-hydrogen) atoms. The van der Waals surface area contributed by atoms with Crippen molar-refractivity contribution >= 4 is 73.3 Å². The molecular weight excluding hydrogens is 712 g/mol. The topological polar surface area (TPSA) is 218 Å². The molecule has 0 saturated carbocycles. The number of urea groups is 1. The van der Waals surface area contributed by atoms with Crippen LogP contribution in [0.4, 0.5) is 15.3 Å². The zero-order chi connectivity index (χ0) is 32.8. The van der Waals surface area contributed by atoms with Crippen LogP contribution in [0, 0.1) is 5.92 Å². The average molecular weight is 748 g/mol. The summed E-state index contributed by atoms with van der Waals surface area (Å²) in [6, 6.07) is 3.70. The predicted molar refractivity (Wildman–Crippen MR) is 165 cm³/mol. The van der Waals surface area contributed by atoms with Crippen molar-refractivity contribution in [2.45, 2.75) is 45.4 Å². The van der Waals surface area contributed by atoms with E-state index in [0.29, 0.717) is 17.7 Å². The molecule has 7 N–H and O–H groups in total. The Morgan fingerprint density at radius 1 is 0.955 bits per heavy atom. The van der Waals surface area contributed by atoms with Crippen molar-refractivity contribution in [3.8, 4) is 0 Å². The van der Waals surface area contributed by atoms with Crippen LogP contribution in [-0.4, -0.2) is 90.8 Å². The number of hydrogen-bond acceptors (Lipinski definition) is 9. The molecule has 2 atom stereocenters. The smallest absolute Gasteiger partial charge is 0.407 e. The van der Waals surface area contributed by atoms with Crippen molar-refractivity contribution in [1.29, 1.82) is 0 Å². The summed E-state index contributed by atoms with van der Waals surface area (Å²) in [5.41, 5.74) is 6.19. The number of ether oxygens (including phenoxy) is 2. The minimum Gasteiger partial charge on any atom is -0.447 e. The molecule has 1 aliphatic heterocycles. The number of nitrogens with zero attached hydrogens (tertiary/aromatic N) is 1. The van der Waals surface area contributed by atoms with Crippen LogP contribution >= 0.6 is 31.9 Å². The number of rotatable bonds is 17. The maximum Gasteiger partial charge on any atom is 0.407 e. The van der Waals surface area contributed by atoms with Gasteiger partial charge in [0.1, 0.15) is 27.7 Å². The van der Waals surface area contributed by atoms with E-state index in [1.807, 2.05) is 0 Å². The van der Waals surface area contributed by atoms with Crippen molar-refractivity contribution in [3.63, 3.8) is 0 Å². The Kier molecular flexibility index (Phi) is 15.3. The molecule has 2 rings (SSSR count). The lowest BCUT2D eigenvalue weighted by atomic mass is 10.0. The summed E-state index contributed by atoms with van der Waals surface area (Å²) >= 11 is 6.08. The molecule has 1 aliphatic rings. The van der Waals surface area contributed by atoms with E-state index in [2.05, 4.69) is 53.1 Å². The van der Waals surface area contributed by atoms with Crippen LogP contribution in [0.2, 0.25) is 0 Å².